The zero-order valence-corrected chi connectivity index (χ0v) is 12.2. The Labute approximate surface area is 123 Å². The maximum atomic E-state index is 12.1. The average molecular weight is 288 g/mol. The van der Waals surface area contributed by atoms with Crippen LogP contribution >= 0.6 is 0 Å². The highest BCUT2D eigenvalue weighted by atomic mass is 16.4. The second-order valence-electron chi connectivity index (χ2n) is 5.62. The number of H-pyrrole nitrogens is 1. The monoisotopic (exact) mass is 288 g/mol. The minimum atomic E-state index is -0.990. The van der Waals surface area contributed by atoms with Gasteiger partial charge >= 0.3 is 5.97 Å². The van der Waals surface area contributed by atoms with Crippen LogP contribution in [0.25, 0.3) is 10.9 Å². The largest absolute Gasteiger partial charge is 0.480 e. The highest BCUT2D eigenvalue weighted by Gasteiger charge is 2.21. The van der Waals surface area contributed by atoms with Crippen molar-refractivity contribution in [2.45, 2.75) is 32.7 Å². The Morgan fingerprint density at radius 3 is 2.67 bits per heavy atom. The van der Waals surface area contributed by atoms with Gasteiger partial charge in [0, 0.05) is 17.1 Å². The van der Waals surface area contributed by atoms with Gasteiger partial charge in [-0.3, -0.25) is 4.79 Å². The van der Waals surface area contributed by atoms with Crippen LogP contribution in [0, 0.1) is 5.92 Å². The number of benzene rings is 1. The first-order chi connectivity index (χ1) is 9.97. The summed E-state index contributed by atoms with van der Waals surface area (Å²) in [4.78, 5) is 26.3. The van der Waals surface area contributed by atoms with Crippen molar-refractivity contribution in [1.82, 2.24) is 10.3 Å². The van der Waals surface area contributed by atoms with Crippen LogP contribution in [0.4, 0.5) is 0 Å². The van der Waals surface area contributed by atoms with Crippen LogP contribution in [0.2, 0.25) is 0 Å². The number of amides is 1. The number of rotatable bonds is 6. The second kappa shape index (κ2) is 6.43. The standard InChI is InChI=1S/C16H20N2O3/c1-10(2)7-14(16(20)21)18-15(19)8-11-9-17-13-6-4-3-5-12(11)13/h3-6,9-10,14,17H,7-8H2,1-2H3,(H,18,19)(H,20,21)/t14-/m1/s1. The van der Waals surface area contributed by atoms with Crippen LogP contribution < -0.4 is 5.32 Å². The van der Waals surface area contributed by atoms with E-state index in [1.165, 1.54) is 0 Å². The highest BCUT2D eigenvalue weighted by molar-refractivity contribution is 5.90. The summed E-state index contributed by atoms with van der Waals surface area (Å²) in [6.07, 6.45) is 2.39. The molecule has 0 aliphatic carbocycles. The summed E-state index contributed by atoms with van der Waals surface area (Å²) in [5, 5.41) is 12.7. The number of nitrogens with one attached hydrogen (secondary N) is 2. The number of hydrogen-bond donors (Lipinski definition) is 3. The first-order valence-electron chi connectivity index (χ1n) is 7.04. The Balaban J connectivity index is 2.05. The third-order valence-electron chi connectivity index (χ3n) is 3.37. The summed E-state index contributed by atoms with van der Waals surface area (Å²) in [5.41, 5.74) is 1.84. The van der Waals surface area contributed by atoms with Gasteiger partial charge in [-0.25, -0.2) is 4.79 Å². The van der Waals surface area contributed by atoms with Crippen molar-refractivity contribution in [3.05, 3.63) is 36.0 Å². The zero-order chi connectivity index (χ0) is 15.4. The van der Waals surface area contributed by atoms with E-state index in [9.17, 15) is 9.59 Å². The van der Waals surface area contributed by atoms with Gasteiger partial charge in [-0.1, -0.05) is 32.0 Å². The van der Waals surface area contributed by atoms with E-state index in [0.29, 0.717) is 6.42 Å². The molecule has 1 atom stereocenters. The number of aliphatic carboxylic acids is 1. The van der Waals surface area contributed by atoms with Gasteiger partial charge in [0.05, 0.1) is 6.42 Å². The molecule has 0 aliphatic rings. The molecule has 1 heterocycles. The molecule has 0 saturated heterocycles. The Morgan fingerprint density at radius 1 is 1.29 bits per heavy atom. The smallest absolute Gasteiger partial charge is 0.326 e. The van der Waals surface area contributed by atoms with Crippen LogP contribution in [0.5, 0.6) is 0 Å². The van der Waals surface area contributed by atoms with Crippen LogP contribution in [-0.4, -0.2) is 28.0 Å². The molecule has 0 fully saturated rings. The minimum absolute atomic E-state index is 0.173. The fraction of sp³-hybridized carbons (Fsp3) is 0.375. The maximum absolute atomic E-state index is 12.1. The fourth-order valence-corrected chi connectivity index (χ4v) is 2.39. The number of aromatic amines is 1. The third kappa shape index (κ3) is 3.84. The summed E-state index contributed by atoms with van der Waals surface area (Å²) in [6, 6.07) is 6.89. The number of fused-ring (bicyclic) bond motifs is 1. The highest BCUT2D eigenvalue weighted by Crippen LogP contribution is 2.18. The van der Waals surface area contributed by atoms with Crippen molar-refractivity contribution in [2.24, 2.45) is 5.92 Å². The molecule has 5 nitrogen and oxygen atoms in total. The normalized spacial score (nSPS) is 12.5. The molecule has 3 N–H and O–H groups in total. The van der Waals surface area contributed by atoms with Gasteiger partial charge in [-0.15, -0.1) is 0 Å². The third-order valence-corrected chi connectivity index (χ3v) is 3.37. The quantitative estimate of drug-likeness (QED) is 0.763. The number of carboxylic acid groups (broad SMARTS) is 1. The number of aromatic nitrogens is 1. The Hall–Kier alpha value is -2.30. The average Bonchev–Trinajstić information content (AvgIpc) is 2.81. The van der Waals surface area contributed by atoms with E-state index in [4.69, 9.17) is 5.11 Å². The Bertz CT molecular complexity index is 646. The van der Waals surface area contributed by atoms with Gasteiger partial charge in [0.25, 0.3) is 0 Å². The van der Waals surface area contributed by atoms with E-state index in [-0.39, 0.29) is 18.2 Å². The van der Waals surface area contributed by atoms with Crippen molar-refractivity contribution in [1.29, 1.82) is 0 Å². The van der Waals surface area contributed by atoms with Crippen LogP contribution in [0.15, 0.2) is 30.5 Å². The van der Waals surface area contributed by atoms with Gasteiger partial charge in [0.15, 0.2) is 0 Å². The summed E-state index contributed by atoms with van der Waals surface area (Å²) in [5.74, 6) is -1.05. The van der Waals surface area contributed by atoms with E-state index in [1.807, 2.05) is 38.1 Å². The molecule has 5 heteroatoms. The summed E-state index contributed by atoms with van der Waals surface area (Å²) >= 11 is 0. The molecular weight excluding hydrogens is 268 g/mol. The molecular formula is C16H20N2O3. The Kier molecular flexibility index (Phi) is 4.62. The number of carboxylic acids is 1. The first kappa shape index (κ1) is 15.1. The summed E-state index contributed by atoms with van der Waals surface area (Å²) in [6.45, 7) is 3.86. The topological polar surface area (TPSA) is 82.2 Å². The molecule has 1 amide bonds. The molecule has 0 unspecified atom stereocenters. The first-order valence-corrected chi connectivity index (χ1v) is 7.04. The lowest BCUT2D eigenvalue weighted by molar-refractivity contribution is -0.142. The maximum Gasteiger partial charge on any atom is 0.326 e. The molecule has 0 bridgehead atoms. The van der Waals surface area contributed by atoms with E-state index < -0.39 is 12.0 Å². The lowest BCUT2D eigenvalue weighted by atomic mass is 10.0. The van der Waals surface area contributed by atoms with Crippen molar-refractivity contribution in [3.8, 4) is 0 Å². The number of hydrogen-bond acceptors (Lipinski definition) is 2. The zero-order valence-electron chi connectivity index (χ0n) is 12.2. The Morgan fingerprint density at radius 2 is 2.00 bits per heavy atom. The van der Waals surface area contributed by atoms with Gasteiger partial charge in [0.1, 0.15) is 6.04 Å². The van der Waals surface area contributed by atoms with Crippen molar-refractivity contribution in [3.63, 3.8) is 0 Å². The molecule has 1 aromatic carbocycles. The van der Waals surface area contributed by atoms with Crippen molar-refractivity contribution < 1.29 is 14.7 Å². The van der Waals surface area contributed by atoms with Gasteiger partial charge in [0.2, 0.25) is 5.91 Å². The van der Waals surface area contributed by atoms with Crippen LogP contribution in [0.3, 0.4) is 0 Å². The molecule has 2 aromatic rings. The van der Waals surface area contributed by atoms with Crippen molar-refractivity contribution in [2.75, 3.05) is 0 Å². The lowest BCUT2D eigenvalue weighted by Crippen LogP contribution is -2.42. The van der Waals surface area contributed by atoms with Crippen LogP contribution in [0.1, 0.15) is 25.8 Å². The van der Waals surface area contributed by atoms with Gasteiger partial charge in [-0.2, -0.15) is 0 Å². The molecule has 0 spiro atoms. The van der Waals surface area contributed by atoms with E-state index in [1.54, 1.807) is 6.20 Å². The van der Waals surface area contributed by atoms with E-state index in [2.05, 4.69) is 10.3 Å². The molecule has 21 heavy (non-hydrogen) atoms. The van der Waals surface area contributed by atoms with E-state index >= 15 is 0 Å². The molecule has 0 aliphatic heterocycles. The number of carbonyl (C=O) groups is 2. The predicted octanol–water partition coefficient (Wildman–Crippen LogP) is 2.33. The molecule has 1 aromatic heterocycles. The molecule has 0 saturated carbocycles. The molecule has 0 radical (unpaired) electrons. The van der Waals surface area contributed by atoms with Gasteiger partial charge in [-0.05, 0) is 24.0 Å². The number of carbonyl (C=O) groups excluding carboxylic acids is 1. The fourth-order valence-electron chi connectivity index (χ4n) is 2.39. The van der Waals surface area contributed by atoms with Crippen molar-refractivity contribution >= 4 is 22.8 Å². The lowest BCUT2D eigenvalue weighted by Gasteiger charge is -2.16. The number of para-hydroxylation sites is 1. The predicted molar refractivity (Wildman–Crippen MR) is 81.0 cm³/mol. The van der Waals surface area contributed by atoms with Crippen LogP contribution in [-0.2, 0) is 16.0 Å². The summed E-state index contributed by atoms with van der Waals surface area (Å²) < 4.78 is 0. The van der Waals surface area contributed by atoms with E-state index in [0.717, 1.165) is 16.5 Å². The van der Waals surface area contributed by atoms with Gasteiger partial charge < -0.3 is 15.4 Å². The SMILES string of the molecule is CC(C)C[C@@H](NC(=O)Cc1c[nH]c2ccccc12)C(=O)O. The minimum Gasteiger partial charge on any atom is -0.480 e. The molecule has 2 rings (SSSR count). The molecule has 112 valence electrons. The summed E-state index contributed by atoms with van der Waals surface area (Å²) in [7, 11) is 0. The second-order valence-corrected chi connectivity index (χ2v) is 5.62.